The molecule has 17 heavy (non-hydrogen) atoms. The van der Waals surface area contributed by atoms with Crippen LogP contribution in [0.5, 0.6) is 0 Å². The van der Waals surface area contributed by atoms with Gasteiger partial charge in [-0.15, -0.1) is 0 Å². The molecule has 1 rings (SSSR count). The van der Waals surface area contributed by atoms with Gasteiger partial charge in [-0.2, -0.15) is 5.10 Å². The van der Waals surface area contributed by atoms with Gasteiger partial charge < -0.3 is 10.6 Å². The van der Waals surface area contributed by atoms with E-state index in [-0.39, 0.29) is 5.91 Å². The van der Waals surface area contributed by atoms with Gasteiger partial charge in [0.15, 0.2) is 0 Å². The first-order valence-corrected chi connectivity index (χ1v) is 5.94. The predicted molar refractivity (Wildman–Crippen MR) is 71.0 cm³/mol. The number of nitrogens with two attached hydrogens (primary N) is 1. The monoisotopic (exact) mass is 254 g/mol. The van der Waals surface area contributed by atoms with Crippen molar-refractivity contribution in [3.63, 3.8) is 0 Å². The number of thiocarbonyl (C=S) groups is 1. The maximum atomic E-state index is 12.1. The van der Waals surface area contributed by atoms with Crippen molar-refractivity contribution >= 4 is 23.1 Å². The van der Waals surface area contributed by atoms with Crippen LogP contribution in [0.4, 0.5) is 0 Å². The Bertz CT molecular complexity index is 427. The summed E-state index contributed by atoms with van der Waals surface area (Å²) in [5.74, 6) is -0.0521. The van der Waals surface area contributed by atoms with Crippen LogP contribution < -0.4 is 5.73 Å². The van der Waals surface area contributed by atoms with Crippen LogP contribution in [0.15, 0.2) is 6.07 Å². The van der Waals surface area contributed by atoms with Gasteiger partial charge in [-0.1, -0.05) is 12.2 Å². The Morgan fingerprint density at radius 2 is 2.29 bits per heavy atom. The molecule has 0 aliphatic heterocycles. The largest absolute Gasteiger partial charge is 0.393 e. The van der Waals surface area contributed by atoms with Crippen LogP contribution in [-0.4, -0.2) is 39.2 Å². The number of nitrogens with zero attached hydrogens (tertiary/aromatic N) is 3. The number of hydrogen-bond donors (Lipinski definition) is 1. The Balaban J connectivity index is 2.77. The van der Waals surface area contributed by atoms with E-state index in [0.717, 1.165) is 5.69 Å². The van der Waals surface area contributed by atoms with Crippen molar-refractivity contribution in [2.24, 2.45) is 5.73 Å². The molecule has 0 saturated heterocycles. The lowest BCUT2D eigenvalue weighted by atomic mass is 10.3. The number of rotatable bonds is 5. The molecule has 0 saturated carbocycles. The Morgan fingerprint density at radius 3 is 2.82 bits per heavy atom. The van der Waals surface area contributed by atoms with Crippen LogP contribution in [0.25, 0.3) is 0 Å². The van der Waals surface area contributed by atoms with E-state index in [0.29, 0.717) is 30.2 Å². The lowest BCUT2D eigenvalue weighted by Crippen LogP contribution is -2.31. The lowest BCUT2D eigenvalue weighted by Gasteiger charge is -2.16. The molecule has 6 heteroatoms. The quantitative estimate of drug-likeness (QED) is 0.795. The number of aromatic nitrogens is 2. The first-order valence-electron chi connectivity index (χ1n) is 5.54. The fraction of sp³-hybridized carbons (Fsp3) is 0.545. The average Bonchev–Trinajstić information content (AvgIpc) is 2.66. The van der Waals surface area contributed by atoms with Crippen LogP contribution in [0, 0.1) is 6.92 Å². The summed E-state index contributed by atoms with van der Waals surface area (Å²) in [5.41, 5.74) is 6.87. The number of aryl methyl sites for hydroxylation is 2. The third-order valence-electron chi connectivity index (χ3n) is 2.46. The number of amides is 1. The second kappa shape index (κ2) is 5.77. The van der Waals surface area contributed by atoms with Crippen LogP contribution in [0.1, 0.15) is 29.5 Å². The van der Waals surface area contributed by atoms with Gasteiger partial charge in [-0.05, 0) is 19.9 Å². The van der Waals surface area contributed by atoms with Gasteiger partial charge in [0, 0.05) is 26.6 Å². The van der Waals surface area contributed by atoms with E-state index in [1.807, 2.05) is 13.8 Å². The third-order valence-corrected chi connectivity index (χ3v) is 2.67. The summed E-state index contributed by atoms with van der Waals surface area (Å²) in [7, 11) is 1.74. The second-order valence-electron chi connectivity index (χ2n) is 3.93. The minimum absolute atomic E-state index is 0.0521. The van der Waals surface area contributed by atoms with E-state index in [2.05, 4.69) is 5.10 Å². The molecule has 5 nitrogen and oxygen atoms in total. The zero-order valence-corrected chi connectivity index (χ0v) is 11.3. The molecule has 0 aliphatic rings. The molecule has 2 N–H and O–H groups in total. The molecule has 1 aromatic heterocycles. The van der Waals surface area contributed by atoms with Crippen molar-refractivity contribution in [3.05, 3.63) is 17.5 Å². The zero-order chi connectivity index (χ0) is 13.0. The zero-order valence-electron chi connectivity index (χ0n) is 10.4. The molecule has 1 amide bonds. The van der Waals surface area contributed by atoms with Crippen LogP contribution in [0.2, 0.25) is 0 Å². The Hall–Kier alpha value is -1.43. The summed E-state index contributed by atoms with van der Waals surface area (Å²) in [6, 6.07) is 1.79. The van der Waals surface area contributed by atoms with Gasteiger partial charge in [0.05, 0.1) is 10.7 Å². The number of carbonyl (C=O) groups excluding carboxylic acids is 1. The molecule has 0 unspecified atom stereocenters. The molecule has 0 spiro atoms. The summed E-state index contributed by atoms with van der Waals surface area (Å²) in [4.78, 5) is 14.2. The minimum Gasteiger partial charge on any atom is -0.393 e. The summed E-state index contributed by atoms with van der Waals surface area (Å²) < 4.78 is 1.70. The summed E-state index contributed by atoms with van der Waals surface area (Å²) in [5, 5.41) is 4.25. The standard InChI is InChI=1S/C11H18N4OS/c1-4-15-9(7-8(2)13-15)11(16)14(3)6-5-10(12)17/h7H,4-6H2,1-3H3,(H2,12,17). The molecule has 1 aromatic rings. The highest BCUT2D eigenvalue weighted by Gasteiger charge is 2.17. The van der Waals surface area contributed by atoms with Crippen molar-refractivity contribution in [1.29, 1.82) is 0 Å². The minimum atomic E-state index is -0.0521. The summed E-state index contributed by atoms with van der Waals surface area (Å²) >= 11 is 4.79. The normalized spacial score (nSPS) is 10.3. The number of carbonyl (C=O) groups is 1. The molecule has 0 bridgehead atoms. The smallest absolute Gasteiger partial charge is 0.271 e. The van der Waals surface area contributed by atoms with Crippen molar-refractivity contribution < 1.29 is 4.79 Å². The van der Waals surface area contributed by atoms with Gasteiger partial charge >= 0.3 is 0 Å². The molecular formula is C11H18N4OS. The molecular weight excluding hydrogens is 236 g/mol. The Labute approximate surface area is 107 Å². The highest BCUT2D eigenvalue weighted by Crippen LogP contribution is 2.07. The van der Waals surface area contributed by atoms with E-state index in [9.17, 15) is 4.79 Å². The maximum Gasteiger partial charge on any atom is 0.271 e. The average molecular weight is 254 g/mol. The highest BCUT2D eigenvalue weighted by atomic mass is 32.1. The summed E-state index contributed by atoms with van der Waals surface area (Å²) in [6.07, 6.45) is 0.539. The Morgan fingerprint density at radius 1 is 1.65 bits per heavy atom. The first-order chi connectivity index (χ1) is 7.95. The molecule has 0 radical (unpaired) electrons. The highest BCUT2D eigenvalue weighted by molar-refractivity contribution is 7.80. The SMILES string of the molecule is CCn1nc(C)cc1C(=O)N(C)CCC(N)=S. The lowest BCUT2D eigenvalue weighted by molar-refractivity contribution is 0.0786. The van der Waals surface area contributed by atoms with Crippen molar-refractivity contribution in [2.45, 2.75) is 26.8 Å². The second-order valence-corrected chi connectivity index (χ2v) is 4.45. The van der Waals surface area contributed by atoms with Gasteiger partial charge in [0.2, 0.25) is 0 Å². The first kappa shape index (κ1) is 13.6. The molecule has 0 aliphatic carbocycles. The third kappa shape index (κ3) is 3.52. The number of hydrogen-bond acceptors (Lipinski definition) is 3. The molecule has 0 aromatic carbocycles. The molecule has 0 fully saturated rings. The summed E-state index contributed by atoms with van der Waals surface area (Å²) in [6.45, 7) is 5.04. The molecule has 0 atom stereocenters. The van der Waals surface area contributed by atoms with Crippen LogP contribution in [0.3, 0.4) is 0 Å². The van der Waals surface area contributed by atoms with Crippen molar-refractivity contribution in [2.75, 3.05) is 13.6 Å². The maximum absolute atomic E-state index is 12.1. The van der Waals surface area contributed by atoms with E-state index >= 15 is 0 Å². The fourth-order valence-electron chi connectivity index (χ4n) is 1.53. The van der Waals surface area contributed by atoms with Crippen LogP contribution in [-0.2, 0) is 6.54 Å². The fourth-order valence-corrected chi connectivity index (χ4v) is 1.62. The van der Waals surface area contributed by atoms with Gasteiger partial charge in [0.25, 0.3) is 5.91 Å². The molecule has 94 valence electrons. The Kier molecular flexibility index (Phi) is 4.62. The van der Waals surface area contributed by atoms with Crippen molar-refractivity contribution in [1.82, 2.24) is 14.7 Å². The van der Waals surface area contributed by atoms with E-state index in [1.165, 1.54) is 0 Å². The van der Waals surface area contributed by atoms with Gasteiger partial charge in [0.1, 0.15) is 5.69 Å². The van der Waals surface area contributed by atoms with Crippen molar-refractivity contribution in [3.8, 4) is 0 Å². The molecule has 1 heterocycles. The van der Waals surface area contributed by atoms with E-state index in [4.69, 9.17) is 18.0 Å². The van der Waals surface area contributed by atoms with Gasteiger partial charge in [-0.3, -0.25) is 9.48 Å². The van der Waals surface area contributed by atoms with E-state index < -0.39 is 0 Å². The van der Waals surface area contributed by atoms with Crippen LogP contribution >= 0.6 is 12.2 Å². The van der Waals surface area contributed by atoms with Gasteiger partial charge in [-0.25, -0.2) is 0 Å². The van der Waals surface area contributed by atoms with E-state index in [1.54, 1.807) is 22.7 Å². The topological polar surface area (TPSA) is 64.2 Å². The predicted octanol–water partition coefficient (Wildman–Crippen LogP) is 0.960.